The Bertz CT molecular complexity index is 954. The Balaban J connectivity index is 1.95. The number of phenols is 1. The molecule has 0 aliphatic carbocycles. The van der Waals surface area contributed by atoms with Gasteiger partial charge in [0.15, 0.2) is 10.9 Å². The predicted octanol–water partition coefficient (Wildman–Crippen LogP) is 4.73. The van der Waals surface area contributed by atoms with Crippen molar-refractivity contribution in [2.45, 2.75) is 6.92 Å². The summed E-state index contributed by atoms with van der Waals surface area (Å²) in [5.74, 6) is -0.753. The van der Waals surface area contributed by atoms with Gasteiger partial charge in [-0.05, 0) is 18.2 Å². The highest BCUT2D eigenvalue weighted by atomic mass is 79.9. The Morgan fingerprint density at radius 3 is 2.56 bits per heavy atom. The van der Waals surface area contributed by atoms with Crippen molar-refractivity contribution in [1.82, 2.24) is 4.98 Å². The van der Waals surface area contributed by atoms with E-state index in [9.17, 15) is 14.7 Å². The largest absolute Gasteiger partial charge is 0.507 e. The number of carbonyl (C=O) groups is 2. The molecule has 3 rings (SSSR count). The number of Topliss-reactive ketones (excluding diaryl/α,β-unsaturated/α-hetero) is 1. The second kappa shape index (κ2) is 7.16. The molecule has 7 heteroatoms. The van der Waals surface area contributed by atoms with Crippen molar-refractivity contribution in [3.05, 3.63) is 63.4 Å². The first-order chi connectivity index (χ1) is 12.0. The zero-order valence-corrected chi connectivity index (χ0v) is 15.5. The fourth-order valence-electron chi connectivity index (χ4n) is 2.26. The van der Waals surface area contributed by atoms with E-state index in [4.69, 9.17) is 0 Å². The van der Waals surface area contributed by atoms with Crippen molar-refractivity contribution in [1.29, 1.82) is 0 Å². The van der Waals surface area contributed by atoms with Crippen molar-refractivity contribution in [3.8, 4) is 17.0 Å². The number of nitrogens with one attached hydrogen (secondary N) is 1. The van der Waals surface area contributed by atoms with Crippen molar-refractivity contribution in [2.75, 3.05) is 5.32 Å². The van der Waals surface area contributed by atoms with Gasteiger partial charge < -0.3 is 5.11 Å². The highest BCUT2D eigenvalue weighted by molar-refractivity contribution is 9.10. The molecular formula is C18H13BrN2O3S. The molecule has 2 aromatic carbocycles. The highest BCUT2D eigenvalue weighted by Crippen LogP contribution is 2.32. The molecule has 0 saturated heterocycles. The first-order valence-electron chi connectivity index (χ1n) is 7.33. The maximum absolute atomic E-state index is 12.4. The van der Waals surface area contributed by atoms with Crippen LogP contribution in [-0.2, 0) is 0 Å². The Morgan fingerprint density at radius 1 is 1.16 bits per heavy atom. The first kappa shape index (κ1) is 17.3. The zero-order valence-electron chi connectivity index (χ0n) is 13.1. The molecule has 0 saturated carbocycles. The maximum Gasteiger partial charge on any atom is 0.261 e. The number of ketones is 1. The summed E-state index contributed by atoms with van der Waals surface area (Å²) in [6.45, 7) is 1.46. The van der Waals surface area contributed by atoms with Crippen molar-refractivity contribution in [2.24, 2.45) is 0 Å². The molecule has 1 amide bonds. The molecule has 0 aliphatic rings. The number of rotatable bonds is 4. The van der Waals surface area contributed by atoms with Gasteiger partial charge in [-0.3, -0.25) is 14.9 Å². The second-order valence-electron chi connectivity index (χ2n) is 5.23. The molecule has 1 aromatic heterocycles. The number of hydrogen-bond acceptors (Lipinski definition) is 5. The molecule has 0 radical (unpaired) electrons. The number of nitrogens with zero attached hydrogens (tertiary/aromatic N) is 1. The summed E-state index contributed by atoms with van der Waals surface area (Å²) in [6.07, 6.45) is 0. The third kappa shape index (κ3) is 3.78. The molecule has 1 heterocycles. The number of halogens is 1. The third-order valence-corrected chi connectivity index (χ3v) is 4.98. The van der Waals surface area contributed by atoms with Crippen LogP contribution in [0.25, 0.3) is 11.3 Å². The molecular weight excluding hydrogens is 404 g/mol. The number of thiazole rings is 1. The molecule has 3 aromatic rings. The van der Waals surface area contributed by atoms with Crippen LogP contribution in [-0.4, -0.2) is 21.8 Å². The van der Waals surface area contributed by atoms with Crippen molar-refractivity contribution < 1.29 is 14.7 Å². The van der Waals surface area contributed by atoms with Gasteiger partial charge in [-0.2, -0.15) is 0 Å². The third-order valence-electron chi connectivity index (χ3n) is 3.42. The number of carbonyl (C=O) groups excluding carboxylic acids is 2. The molecule has 0 unspecified atom stereocenters. The van der Waals surface area contributed by atoms with E-state index in [2.05, 4.69) is 26.2 Å². The quantitative estimate of drug-likeness (QED) is 0.602. The SMILES string of the molecule is CC(=O)c1sc(NC(=O)c2cc(Br)ccc2O)nc1-c1ccccc1. The monoisotopic (exact) mass is 416 g/mol. The van der Waals surface area contributed by atoms with Gasteiger partial charge in [0.05, 0.1) is 16.1 Å². The van der Waals surface area contributed by atoms with Gasteiger partial charge in [0.25, 0.3) is 5.91 Å². The van der Waals surface area contributed by atoms with Gasteiger partial charge in [-0.15, -0.1) is 0 Å². The second-order valence-corrected chi connectivity index (χ2v) is 7.15. The smallest absolute Gasteiger partial charge is 0.261 e. The van der Waals surface area contributed by atoms with Gasteiger partial charge >= 0.3 is 0 Å². The van der Waals surface area contributed by atoms with E-state index in [1.165, 1.54) is 19.1 Å². The van der Waals surface area contributed by atoms with Crippen LogP contribution in [0.3, 0.4) is 0 Å². The molecule has 0 atom stereocenters. The minimum atomic E-state index is -0.498. The molecule has 25 heavy (non-hydrogen) atoms. The van der Waals surface area contributed by atoms with Crippen molar-refractivity contribution >= 4 is 44.1 Å². The molecule has 126 valence electrons. The lowest BCUT2D eigenvalue weighted by Gasteiger charge is -2.04. The predicted molar refractivity (Wildman–Crippen MR) is 101 cm³/mol. The van der Waals surface area contributed by atoms with Crippen LogP contribution >= 0.6 is 27.3 Å². The van der Waals surface area contributed by atoms with Crippen LogP contribution in [0.4, 0.5) is 5.13 Å². The molecule has 2 N–H and O–H groups in total. The van der Waals surface area contributed by atoms with E-state index in [1.54, 1.807) is 6.07 Å². The fourth-order valence-corrected chi connectivity index (χ4v) is 3.50. The maximum atomic E-state index is 12.4. The molecule has 5 nitrogen and oxygen atoms in total. The number of phenolic OH excluding ortho intramolecular Hbond substituents is 1. The topological polar surface area (TPSA) is 79.3 Å². The minimum Gasteiger partial charge on any atom is -0.507 e. The van der Waals surface area contributed by atoms with Gasteiger partial charge in [0, 0.05) is 17.0 Å². The first-order valence-corrected chi connectivity index (χ1v) is 8.93. The lowest BCUT2D eigenvalue weighted by Crippen LogP contribution is -2.11. The van der Waals surface area contributed by atoms with Crippen LogP contribution in [0.2, 0.25) is 0 Å². The zero-order chi connectivity index (χ0) is 18.0. The van der Waals surface area contributed by atoms with E-state index in [0.29, 0.717) is 20.2 Å². The van der Waals surface area contributed by atoms with Crippen LogP contribution in [0.15, 0.2) is 53.0 Å². The standard InChI is InChI=1S/C18H13BrN2O3S/c1-10(22)16-15(11-5-3-2-4-6-11)20-18(25-16)21-17(24)13-9-12(19)7-8-14(13)23/h2-9,23H,1H3,(H,20,21,24). The summed E-state index contributed by atoms with van der Waals surface area (Å²) in [6, 6.07) is 13.9. The Hall–Kier alpha value is -2.51. The van der Waals surface area contributed by atoms with Crippen LogP contribution in [0, 0.1) is 0 Å². The van der Waals surface area contributed by atoms with E-state index < -0.39 is 5.91 Å². The fraction of sp³-hybridized carbons (Fsp3) is 0.0556. The summed E-state index contributed by atoms with van der Waals surface area (Å²) in [5, 5.41) is 12.8. The lowest BCUT2D eigenvalue weighted by atomic mass is 10.1. The number of hydrogen-bond donors (Lipinski definition) is 2. The highest BCUT2D eigenvalue weighted by Gasteiger charge is 2.19. The number of anilines is 1. The summed E-state index contributed by atoms with van der Waals surface area (Å²) < 4.78 is 0.670. The molecule has 0 bridgehead atoms. The average molecular weight is 417 g/mol. The van der Waals surface area contributed by atoms with E-state index in [0.717, 1.165) is 16.9 Å². The lowest BCUT2D eigenvalue weighted by molar-refractivity contribution is 0.101. The Kier molecular flexibility index (Phi) is 4.96. The van der Waals surface area contributed by atoms with Crippen LogP contribution < -0.4 is 5.32 Å². The summed E-state index contributed by atoms with van der Waals surface area (Å²) in [5.41, 5.74) is 1.46. The van der Waals surface area contributed by atoms with Gasteiger partial charge in [-0.1, -0.05) is 57.6 Å². The number of aromatic hydroxyl groups is 1. The summed E-state index contributed by atoms with van der Waals surface area (Å²) in [4.78, 5) is 29.2. The van der Waals surface area contributed by atoms with Gasteiger partial charge in [0.2, 0.25) is 0 Å². The van der Waals surface area contributed by atoms with E-state index >= 15 is 0 Å². The van der Waals surface area contributed by atoms with E-state index in [1.807, 2.05) is 30.3 Å². The Labute approximate surface area is 156 Å². The van der Waals surface area contributed by atoms with Gasteiger partial charge in [-0.25, -0.2) is 4.98 Å². The van der Waals surface area contributed by atoms with Crippen LogP contribution in [0.5, 0.6) is 5.75 Å². The summed E-state index contributed by atoms with van der Waals surface area (Å²) in [7, 11) is 0. The summed E-state index contributed by atoms with van der Waals surface area (Å²) >= 11 is 4.38. The van der Waals surface area contributed by atoms with E-state index in [-0.39, 0.29) is 17.1 Å². The number of amides is 1. The average Bonchev–Trinajstić information content (AvgIpc) is 3.02. The normalized spacial score (nSPS) is 10.5. The van der Waals surface area contributed by atoms with Gasteiger partial charge in [0.1, 0.15) is 5.75 Å². The minimum absolute atomic E-state index is 0.121. The Morgan fingerprint density at radius 2 is 1.88 bits per heavy atom. The molecule has 0 fully saturated rings. The molecule has 0 spiro atoms. The molecule has 0 aliphatic heterocycles. The van der Waals surface area contributed by atoms with Crippen LogP contribution in [0.1, 0.15) is 27.0 Å². The number of aromatic nitrogens is 1. The van der Waals surface area contributed by atoms with Crippen molar-refractivity contribution in [3.63, 3.8) is 0 Å². The number of benzene rings is 2.